The lowest BCUT2D eigenvalue weighted by atomic mass is 9.86. The Morgan fingerprint density at radius 3 is 2.54 bits per heavy atom. The molecule has 2 unspecified atom stereocenters. The molecule has 1 aromatic carbocycles. The van der Waals surface area contributed by atoms with Crippen LogP contribution >= 0.6 is 0 Å². The van der Waals surface area contributed by atoms with Crippen LogP contribution in [0.1, 0.15) is 23.5 Å². The first-order chi connectivity index (χ1) is 11.5. The van der Waals surface area contributed by atoms with E-state index in [4.69, 9.17) is 0 Å². The number of piperazine rings is 1. The van der Waals surface area contributed by atoms with Crippen molar-refractivity contribution in [2.24, 2.45) is 0 Å². The van der Waals surface area contributed by atoms with Gasteiger partial charge in [0.2, 0.25) is 0 Å². The largest absolute Gasteiger partial charge is 0.353 e. The van der Waals surface area contributed by atoms with Crippen LogP contribution in [0.5, 0.6) is 0 Å². The minimum atomic E-state index is -0.384. The Morgan fingerprint density at radius 2 is 1.83 bits per heavy atom. The van der Waals surface area contributed by atoms with Gasteiger partial charge in [0.05, 0.1) is 0 Å². The van der Waals surface area contributed by atoms with Gasteiger partial charge in [-0.25, -0.2) is 18.7 Å². The van der Waals surface area contributed by atoms with Crippen LogP contribution in [0.15, 0.2) is 24.3 Å². The van der Waals surface area contributed by atoms with Gasteiger partial charge >= 0.3 is 0 Å². The smallest absolute Gasteiger partial charge is 0.132 e. The molecule has 2 atom stereocenters. The first kappa shape index (κ1) is 15.4. The monoisotopic (exact) mass is 330 g/mol. The molecule has 24 heavy (non-hydrogen) atoms. The van der Waals surface area contributed by atoms with Crippen molar-refractivity contribution in [2.75, 3.05) is 18.0 Å². The predicted octanol–water partition coefficient (Wildman–Crippen LogP) is 2.83. The number of piperidine rings is 1. The molecule has 2 aromatic rings. The van der Waals surface area contributed by atoms with Gasteiger partial charge in [-0.15, -0.1) is 0 Å². The molecule has 3 saturated heterocycles. The summed E-state index contributed by atoms with van der Waals surface area (Å²) in [6.45, 7) is 6.07. The van der Waals surface area contributed by atoms with E-state index >= 15 is 0 Å². The molecular formula is C18H20F2N4. The average molecular weight is 330 g/mol. The molecule has 3 aliphatic heterocycles. The number of aryl methyl sites for hydroxylation is 2. The van der Waals surface area contributed by atoms with Gasteiger partial charge < -0.3 is 4.90 Å². The van der Waals surface area contributed by atoms with Crippen molar-refractivity contribution in [1.29, 1.82) is 0 Å². The Bertz CT molecular complexity index is 747. The number of fused-ring (bicyclic) bond motifs is 2. The highest BCUT2D eigenvalue weighted by Gasteiger charge is 2.45. The third-order valence-electron chi connectivity index (χ3n) is 4.98. The summed E-state index contributed by atoms with van der Waals surface area (Å²) in [4.78, 5) is 13.4. The lowest BCUT2D eigenvalue weighted by Gasteiger charge is -2.56. The lowest BCUT2D eigenvalue weighted by Crippen LogP contribution is -2.68. The molecule has 4 heterocycles. The van der Waals surface area contributed by atoms with Crippen molar-refractivity contribution in [3.05, 3.63) is 53.0 Å². The van der Waals surface area contributed by atoms with Gasteiger partial charge in [-0.2, -0.15) is 0 Å². The molecular weight excluding hydrogens is 310 g/mol. The molecule has 3 fully saturated rings. The Hall–Kier alpha value is -2.08. The molecule has 1 aromatic heterocycles. The van der Waals surface area contributed by atoms with E-state index in [1.807, 2.05) is 19.9 Å². The van der Waals surface area contributed by atoms with E-state index in [-0.39, 0.29) is 11.6 Å². The van der Waals surface area contributed by atoms with Gasteiger partial charge in [-0.1, -0.05) is 0 Å². The zero-order valence-corrected chi connectivity index (χ0v) is 13.8. The van der Waals surface area contributed by atoms with E-state index in [2.05, 4.69) is 19.8 Å². The summed E-state index contributed by atoms with van der Waals surface area (Å²) in [7, 11) is 0. The Morgan fingerprint density at radius 1 is 1.08 bits per heavy atom. The van der Waals surface area contributed by atoms with Crippen molar-refractivity contribution in [3.8, 4) is 0 Å². The molecule has 126 valence electrons. The molecule has 4 nitrogen and oxygen atoms in total. The highest BCUT2D eigenvalue weighted by molar-refractivity contribution is 5.42. The van der Waals surface area contributed by atoms with Crippen LogP contribution in [0.3, 0.4) is 0 Å². The molecule has 5 rings (SSSR count). The maximum absolute atomic E-state index is 13.9. The number of nitrogens with zero attached hydrogens (tertiary/aromatic N) is 4. The zero-order chi connectivity index (χ0) is 16.8. The van der Waals surface area contributed by atoms with Crippen molar-refractivity contribution < 1.29 is 8.78 Å². The molecule has 0 aliphatic carbocycles. The van der Waals surface area contributed by atoms with E-state index in [0.29, 0.717) is 24.2 Å². The third-order valence-corrected chi connectivity index (χ3v) is 4.98. The normalized spacial score (nSPS) is 23.2. The van der Waals surface area contributed by atoms with Crippen LogP contribution in [-0.2, 0) is 6.54 Å². The Kier molecular flexibility index (Phi) is 3.72. The number of aromatic nitrogens is 2. The van der Waals surface area contributed by atoms with Crippen LogP contribution in [0.25, 0.3) is 0 Å². The van der Waals surface area contributed by atoms with E-state index in [9.17, 15) is 8.78 Å². The number of rotatable bonds is 3. The van der Waals surface area contributed by atoms with E-state index in [1.165, 1.54) is 12.1 Å². The van der Waals surface area contributed by atoms with E-state index in [0.717, 1.165) is 42.9 Å². The van der Waals surface area contributed by atoms with Crippen LogP contribution in [0.4, 0.5) is 14.6 Å². The van der Waals surface area contributed by atoms with Crippen LogP contribution in [0, 0.1) is 25.5 Å². The topological polar surface area (TPSA) is 32.3 Å². The number of halogens is 2. The van der Waals surface area contributed by atoms with Gasteiger partial charge in [-0.05, 0) is 38.5 Å². The standard InChI is InChI=1S/C18H20F2N4/c1-11-5-18(22-12(2)21-11)23-9-15-7-16(10-23)24(15)8-13-6-14(19)3-4-17(13)20/h3-6,15-16H,7-10H2,1-2H3. The predicted molar refractivity (Wildman–Crippen MR) is 87.8 cm³/mol. The highest BCUT2D eigenvalue weighted by atomic mass is 19.1. The summed E-state index contributed by atoms with van der Waals surface area (Å²) in [5.74, 6) is 1.03. The van der Waals surface area contributed by atoms with Crippen LogP contribution < -0.4 is 4.90 Å². The van der Waals surface area contributed by atoms with Gasteiger partial charge in [0.15, 0.2) is 0 Å². The van der Waals surface area contributed by atoms with E-state index in [1.54, 1.807) is 0 Å². The number of benzene rings is 1. The third kappa shape index (κ3) is 2.75. The fourth-order valence-electron chi connectivity index (χ4n) is 3.85. The average Bonchev–Trinajstić information content (AvgIpc) is 2.54. The Labute approximate surface area is 140 Å². The number of hydrogen-bond donors (Lipinski definition) is 0. The molecule has 2 bridgehead atoms. The van der Waals surface area contributed by atoms with E-state index < -0.39 is 0 Å². The first-order valence-corrected chi connectivity index (χ1v) is 8.26. The van der Waals surface area contributed by atoms with Crippen molar-refractivity contribution in [3.63, 3.8) is 0 Å². The summed E-state index contributed by atoms with van der Waals surface area (Å²) in [5.41, 5.74) is 1.40. The van der Waals surface area contributed by atoms with Gasteiger partial charge in [0.1, 0.15) is 23.3 Å². The SMILES string of the molecule is Cc1cc(N2CC3CC(C2)N3Cc2cc(F)ccc2F)nc(C)n1. The van der Waals surface area contributed by atoms with Crippen LogP contribution in [-0.4, -0.2) is 40.0 Å². The van der Waals surface area contributed by atoms with Crippen molar-refractivity contribution in [1.82, 2.24) is 14.9 Å². The molecule has 3 aliphatic rings. The summed E-state index contributed by atoms with van der Waals surface area (Å²) in [5, 5.41) is 0. The molecule has 0 amide bonds. The fourth-order valence-corrected chi connectivity index (χ4v) is 3.85. The highest BCUT2D eigenvalue weighted by Crippen LogP contribution is 2.35. The second-order valence-electron chi connectivity index (χ2n) is 6.77. The number of anilines is 1. The first-order valence-electron chi connectivity index (χ1n) is 8.26. The van der Waals surface area contributed by atoms with Crippen LogP contribution in [0.2, 0.25) is 0 Å². The number of hydrogen-bond acceptors (Lipinski definition) is 4. The zero-order valence-electron chi connectivity index (χ0n) is 13.8. The maximum Gasteiger partial charge on any atom is 0.132 e. The summed E-state index contributed by atoms with van der Waals surface area (Å²) >= 11 is 0. The lowest BCUT2D eigenvalue weighted by molar-refractivity contribution is -0.00954. The summed E-state index contributed by atoms with van der Waals surface area (Å²) in [6, 6.07) is 6.41. The van der Waals surface area contributed by atoms with Gasteiger partial charge in [0, 0.05) is 49.0 Å². The minimum Gasteiger partial charge on any atom is -0.353 e. The second-order valence-corrected chi connectivity index (χ2v) is 6.77. The fraction of sp³-hybridized carbons (Fsp3) is 0.444. The second kappa shape index (κ2) is 5.77. The van der Waals surface area contributed by atoms with Gasteiger partial charge in [-0.3, -0.25) is 4.90 Å². The molecule has 6 heteroatoms. The van der Waals surface area contributed by atoms with Crippen molar-refractivity contribution >= 4 is 5.82 Å². The summed E-state index contributed by atoms with van der Waals surface area (Å²) < 4.78 is 27.2. The van der Waals surface area contributed by atoms with Gasteiger partial charge in [0.25, 0.3) is 0 Å². The molecule has 0 radical (unpaired) electrons. The van der Waals surface area contributed by atoms with Crippen molar-refractivity contribution in [2.45, 2.75) is 38.9 Å². The quantitative estimate of drug-likeness (QED) is 0.866. The minimum absolute atomic E-state index is 0.333. The maximum atomic E-state index is 13.9. The molecule has 0 N–H and O–H groups in total. The molecule has 0 spiro atoms. The Balaban J connectivity index is 1.48. The molecule has 0 saturated carbocycles. The summed E-state index contributed by atoms with van der Waals surface area (Å²) in [6.07, 6.45) is 1.11.